The Morgan fingerprint density at radius 2 is 1.88 bits per heavy atom. The van der Waals surface area contributed by atoms with Crippen LogP contribution in [0.5, 0.6) is 0 Å². The molecular formula is C24H24FN5O2S. The van der Waals surface area contributed by atoms with Crippen LogP contribution in [0.2, 0.25) is 0 Å². The molecule has 0 aliphatic carbocycles. The minimum absolute atomic E-state index is 0.238. The van der Waals surface area contributed by atoms with Gasteiger partial charge in [0.25, 0.3) is 0 Å². The monoisotopic (exact) mass is 465 g/mol. The molecule has 0 radical (unpaired) electrons. The van der Waals surface area contributed by atoms with Crippen molar-refractivity contribution in [2.24, 2.45) is 0 Å². The van der Waals surface area contributed by atoms with Gasteiger partial charge >= 0.3 is 0 Å². The van der Waals surface area contributed by atoms with Gasteiger partial charge in [0, 0.05) is 31.2 Å². The Bertz CT molecular complexity index is 1440. The quantitative estimate of drug-likeness (QED) is 0.427. The number of sulfonamides is 1. The predicted octanol–water partition coefficient (Wildman–Crippen LogP) is 4.25. The molecule has 4 aromatic rings. The van der Waals surface area contributed by atoms with Gasteiger partial charge in [0.05, 0.1) is 23.6 Å². The van der Waals surface area contributed by atoms with Gasteiger partial charge in [-0.1, -0.05) is 19.1 Å². The standard InChI is InChI=1S/C24H24FN5O2S/c1-2-11-28-17-23(16-26-28)33(31,32)29-12-9-18(10-13-29)19-3-8-24-20(14-19)15-27-30(24)22-6-4-21(25)5-7-22/h3-9,14-17H,2,10-13H2,1H3. The third kappa shape index (κ3) is 4.09. The molecule has 3 heterocycles. The van der Waals surface area contributed by atoms with Gasteiger partial charge in [-0.25, -0.2) is 17.5 Å². The van der Waals surface area contributed by atoms with Crippen LogP contribution in [-0.4, -0.2) is 45.4 Å². The smallest absolute Gasteiger partial charge is 0.246 e. The molecule has 2 aromatic heterocycles. The van der Waals surface area contributed by atoms with Crippen LogP contribution in [0, 0.1) is 5.82 Å². The molecule has 0 amide bonds. The molecule has 0 spiro atoms. The van der Waals surface area contributed by atoms with Crippen LogP contribution in [0.1, 0.15) is 25.3 Å². The first kappa shape index (κ1) is 21.5. The summed E-state index contributed by atoms with van der Waals surface area (Å²) in [7, 11) is -3.56. The number of nitrogens with zero attached hydrogens (tertiary/aromatic N) is 5. The van der Waals surface area contributed by atoms with Gasteiger partial charge in [-0.05, 0) is 60.4 Å². The van der Waals surface area contributed by atoms with Crippen LogP contribution in [0.4, 0.5) is 4.39 Å². The van der Waals surface area contributed by atoms with E-state index >= 15 is 0 Å². The first-order chi connectivity index (χ1) is 16.0. The van der Waals surface area contributed by atoms with Crippen molar-refractivity contribution < 1.29 is 12.8 Å². The minimum Gasteiger partial charge on any atom is -0.271 e. The Labute approximate surface area is 191 Å². The van der Waals surface area contributed by atoms with E-state index in [0.29, 0.717) is 26.1 Å². The molecule has 0 saturated carbocycles. The molecule has 0 atom stereocenters. The average Bonchev–Trinajstić information content (AvgIpc) is 3.47. The molecule has 33 heavy (non-hydrogen) atoms. The van der Waals surface area contributed by atoms with Gasteiger partial charge in [0.15, 0.2) is 0 Å². The summed E-state index contributed by atoms with van der Waals surface area (Å²) >= 11 is 0. The largest absolute Gasteiger partial charge is 0.271 e. The normalized spacial score (nSPS) is 15.2. The van der Waals surface area contributed by atoms with E-state index in [0.717, 1.165) is 34.1 Å². The molecule has 0 unspecified atom stereocenters. The molecule has 0 saturated heterocycles. The third-order valence-electron chi connectivity index (χ3n) is 5.88. The Balaban J connectivity index is 1.36. The lowest BCUT2D eigenvalue weighted by molar-refractivity contribution is 0.441. The summed E-state index contributed by atoms with van der Waals surface area (Å²) in [6.07, 6.45) is 8.31. The highest BCUT2D eigenvalue weighted by molar-refractivity contribution is 7.89. The summed E-state index contributed by atoms with van der Waals surface area (Å²) in [5.41, 5.74) is 3.88. The Kier molecular flexibility index (Phi) is 5.59. The second-order valence-corrected chi connectivity index (χ2v) is 10.0. The average molecular weight is 466 g/mol. The molecule has 2 aromatic carbocycles. The van der Waals surface area contributed by atoms with E-state index in [9.17, 15) is 12.8 Å². The molecule has 0 N–H and O–H groups in total. The Hall–Kier alpha value is -3.30. The van der Waals surface area contributed by atoms with Crippen LogP contribution in [0.15, 0.2) is 72.0 Å². The Morgan fingerprint density at radius 3 is 2.61 bits per heavy atom. The number of benzene rings is 2. The summed E-state index contributed by atoms with van der Waals surface area (Å²) in [5, 5.41) is 9.58. The van der Waals surface area contributed by atoms with Crippen LogP contribution in [0.25, 0.3) is 22.2 Å². The summed E-state index contributed by atoms with van der Waals surface area (Å²) in [5.74, 6) is -0.285. The number of halogens is 1. The number of hydrogen-bond acceptors (Lipinski definition) is 4. The molecule has 7 nitrogen and oxygen atoms in total. The lowest BCUT2D eigenvalue weighted by atomic mass is 9.99. The molecular weight excluding hydrogens is 441 g/mol. The first-order valence-electron chi connectivity index (χ1n) is 10.9. The summed E-state index contributed by atoms with van der Waals surface area (Å²) in [6.45, 7) is 3.46. The number of rotatable bonds is 6. The van der Waals surface area contributed by atoms with E-state index < -0.39 is 10.0 Å². The molecule has 1 aliphatic rings. The van der Waals surface area contributed by atoms with Crippen LogP contribution < -0.4 is 0 Å². The summed E-state index contributed by atoms with van der Waals surface area (Å²) < 4.78 is 44.2. The lowest BCUT2D eigenvalue weighted by Gasteiger charge is -2.25. The fourth-order valence-corrected chi connectivity index (χ4v) is 5.47. The zero-order chi connectivity index (χ0) is 23.0. The van der Waals surface area contributed by atoms with Gasteiger partial charge in [0.1, 0.15) is 10.7 Å². The molecule has 0 fully saturated rings. The van der Waals surface area contributed by atoms with Gasteiger partial charge < -0.3 is 0 Å². The fraction of sp³-hybridized carbons (Fsp3) is 0.250. The van der Waals surface area contributed by atoms with E-state index in [2.05, 4.69) is 16.3 Å². The van der Waals surface area contributed by atoms with Gasteiger partial charge in [0.2, 0.25) is 10.0 Å². The van der Waals surface area contributed by atoms with Crippen molar-refractivity contribution in [3.8, 4) is 5.69 Å². The highest BCUT2D eigenvalue weighted by atomic mass is 32.2. The molecule has 1 aliphatic heterocycles. The maximum atomic E-state index is 13.2. The first-order valence-corrected chi connectivity index (χ1v) is 12.4. The van der Waals surface area contributed by atoms with E-state index in [1.165, 1.54) is 22.6 Å². The van der Waals surface area contributed by atoms with Crippen LogP contribution in [-0.2, 0) is 16.6 Å². The van der Waals surface area contributed by atoms with E-state index in [1.807, 2.05) is 25.1 Å². The van der Waals surface area contributed by atoms with Gasteiger partial charge in [-0.2, -0.15) is 14.5 Å². The molecule has 170 valence electrons. The minimum atomic E-state index is -3.56. The maximum Gasteiger partial charge on any atom is 0.246 e. The summed E-state index contributed by atoms with van der Waals surface area (Å²) in [4.78, 5) is 0.238. The zero-order valence-corrected chi connectivity index (χ0v) is 19.0. The van der Waals surface area contributed by atoms with Crippen molar-refractivity contribution in [3.05, 3.63) is 78.5 Å². The van der Waals surface area contributed by atoms with Gasteiger partial charge in [-0.15, -0.1) is 0 Å². The number of aromatic nitrogens is 4. The van der Waals surface area contributed by atoms with Crippen molar-refractivity contribution in [1.82, 2.24) is 23.9 Å². The zero-order valence-electron chi connectivity index (χ0n) is 18.2. The van der Waals surface area contributed by atoms with Crippen molar-refractivity contribution in [2.75, 3.05) is 13.1 Å². The molecule has 5 rings (SSSR count). The lowest BCUT2D eigenvalue weighted by Crippen LogP contribution is -2.34. The van der Waals surface area contributed by atoms with Crippen molar-refractivity contribution in [3.63, 3.8) is 0 Å². The van der Waals surface area contributed by atoms with Crippen LogP contribution >= 0.6 is 0 Å². The van der Waals surface area contributed by atoms with Crippen molar-refractivity contribution in [2.45, 2.75) is 31.2 Å². The van der Waals surface area contributed by atoms with Crippen LogP contribution in [0.3, 0.4) is 0 Å². The second-order valence-electron chi connectivity index (χ2n) is 8.09. The fourth-order valence-electron chi connectivity index (χ4n) is 4.13. The van der Waals surface area contributed by atoms with E-state index in [1.54, 1.807) is 33.9 Å². The molecule has 9 heteroatoms. The van der Waals surface area contributed by atoms with Gasteiger partial charge in [-0.3, -0.25) is 4.68 Å². The SMILES string of the molecule is CCCn1cc(S(=O)(=O)N2CC=C(c3ccc4c(cnn4-c4ccc(F)cc4)c3)CC2)cn1. The second kappa shape index (κ2) is 8.57. The van der Waals surface area contributed by atoms with Crippen molar-refractivity contribution in [1.29, 1.82) is 0 Å². The number of fused-ring (bicyclic) bond motifs is 1. The highest BCUT2D eigenvalue weighted by Gasteiger charge is 2.27. The van der Waals surface area contributed by atoms with E-state index in [4.69, 9.17) is 0 Å². The molecule has 0 bridgehead atoms. The number of hydrogen-bond donors (Lipinski definition) is 0. The predicted molar refractivity (Wildman–Crippen MR) is 125 cm³/mol. The summed E-state index contributed by atoms with van der Waals surface area (Å²) in [6, 6.07) is 12.3. The number of aryl methyl sites for hydroxylation is 1. The van der Waals surface area contributed by atoms with Crippen molar-refractivity contribution >= 4 is 26.5 Å². The van der Waals surface area contributed by atoms with E-state index in [-0.39, 0.29) is 10.7 Å². The highest BCUT2D eigenvalue weighted by Crippen LogP contribution is 2.29. The topological polar surface area (TPSA) is 73.0 Å². The Morgan fingerprint density at radius 1 is 1.06 bits per heavy atom. The third-order valence-corrected chi connectivity index (χ3v) is 7.70. The maximum absolute atomic E-state index is 13.2.